The van der Waals surface area contributed by atoms with Crippen LogP contribution in [0.1, 0.15) is 22.8 Å². The van der Waals surface area contributed by atoms with Gasteiger partial charge in [0.15, 0.2) is 0 Å². The Balaban J connectivity index is 2.72. The van der Waals surface area contributed by atoms with Crippen LogP contribution in [0.3, 0.4) is 0 Å². The summed E-state index contributed by atoms with van der Waals surface area (Å²) in [6.45, 7) is 1.84. The van der Waals surface area contributed by atoms with Crippen LogP contribution in [-0.4, -0.2) is 11.6 Å². The number of ketones is 2. The van der Waals surface area contributed by atoms with Crippen LogP contribution in [0.2, 0.25) is 0 Å². The second-order valence-electron chi connectivity index (χ2n) is 3.07. The van der Waals surface area contributed by atoms with Gasteiger partial charge in [-0.15, -0.1) is 0 Å². The van der Waals surface area contributed by atoms with Crippen molar-refractivity contribution in [1.82, 2.24) is 0 Å². The van der Waals surface area contributed by atoms with Gasteiger partial charge >= 0.3 is 0 Å². The summed E-state index contributed by atoms with van der Waals surface area (Å²) in [4.78, 5) is 22.5. The Kier molecular flexibility index (Phi) is 1.62. The van der Waals surface area contributed by atoms with Crippen LogP contribution >= 0.6 is 0 Å². The highest BCUT2D eigenvalue weighted by Gasteiger charge is 2.22. The normalized spacial score (nSPS) is 15.3. The first kappa shape index (κ1) is 7.92. The number of benzene rings is 1. The van der Waals surface area contributed by atoms with Gasteiger partial charge in [-0.1, -0.05) is 24.3 Å². The molecule has 2 rings (SSSR count). The molecule has 0 amide bonds. The molecule has 1 aliphatic carbocycles. The first-order valence-corrected chi connectivity index (χ1v) is 4.06. The van der Waals surface area contributed by atoms with Crippen LogP contribution < -0.4 is 0 Å². The van der Waals surface area contributed by atoms with Crippen molar-refractivity contribution in [1.29, 1.82) is 0 Å². The molecular weight excluding hydrogens is 164 g/mol. The summed E-state index contributed by atoms with van der Waals surface area (Å²) in [5.41, 5.74) is 2.25. The van der Waals surface area contributed by atoms with E-state index in [1.807, 2.05) is 19.1 Å². The Bertz CT molecular complexity index is 427. The number of fused-ring (bicyclic) bond motifs is 1. The molecule has 0 aromatic heterocycles. The Morgan fingerprint density at radius 3 is 2.31 bits per heavy atom. The summed E-state index contributed by atoms with van der Waals surface area (Å²) in [5.74, 6) is -0.822. The van der Waals surface area contributed by atoms with Gasteiger partial charge in [-0.2, -0.15) is 0 Å². The second-order valence-corrected chi connectivity index (χ2v) is 3.07. The Labute approximate surface area is 75.9 Å². The van der Waals surface area contributed by atoms with Crippen LogP contribution in [0.4, 0.5) is 0 Å². The second kappa shape index (κ2) is 2.66. The summed E-state index contributed by atoms with van der Waals surface area (Å²) < 4.78 is 0. The summed E-state index contributed by atoms with van der Waals surface area (Å²) in [7, 11) is 0. The maximum Gasteiger partial charge on any atom is 0.233 e. The molecule has 0 saturated heterocycles. The molecule has 0 radical (unpaired) electrons. The minimum Gasteiger partial charge on any atom is -0.286 e. The van der Waals surface area contributed by atoms with Gasteiger partial charge in [-0.25, -0.2) is 0 Å². The first-order valence-electron chi connectivity index (χ1n) is 4.06. The fourth-order valence-corrected chi connectivity index (χ4v) is 1.50. The maximum absolute atomic E-state index is 11.4. The van der Waals surface area contributed by atoms with Crippen LogP contribution in [0.5, 0.6) is 0 Å². The van der Waals surface area contributed by atoms with E-state index >= 15 is 0 Å². The SMILES string of the molecule is CC1=CC(=O)C(=O)c2ccccc21. The zero-order valence-electron chi connectivity index (χ0n) is 7.20. The van der Waals surface area contributed by atoms with E-state index in [9.17, 15) is 9.59 Å². The molecular formula is C11H8O2. The third kappa shape index (κ3) is 1.11. The molecule has 1 aromatic carbocycles. The standard InChI is InChI=1S/C11H8O2/c1-7-6-10(12)11(13)9-5-3-2-4-8(7)9/h2-6H,1H3. The van der Waals surface area contributed by atoms with Crippen molar-refractivity contribution in [3.05, 3.63) is 41.5 Å². The van der Waals surface area contributed by atoms with Crippen molar-refractivity contribution in [2.24, 2.45) is 0 Å². The zero-order chi connectivity index (χ0) is 9.42. The van der Waals surface area contributed by atoms with E-state index in [0.29, 0.717) is 5.56 Å². The van der Waals surface area contributed by atoms with Gasteiger partial charge in [0, 0.05) is 5.56 Å². The monoisotopic (exact) mass is 172 g/mol. The lowest BCUT2D eigenvalue weighted by molar-refractivity contribution is -0.111. The molecule has 0 spiro atoms. The van der Waals surface area contributed by atoms with E-state index in [2.05, 4.69) is 0 Å². The molecule has 0 atom stereocenters. The van der Waals surface area contributed by atoms with Crippen molar-refractivity contribution in [2.45, 2.75) is 6.92 Å². The highest BCUT2D eigenvalue weighted by molar-refractivity contribution is 6.50. The molecule has 2 nitrogen and oxygen atoms in total. The molecule has 1 aromatic rings. The molecule has 0 fully saturated rings. The lowest BCUT2D eigenvalue weighted by Crippen LogP contribution is -2.17. The van der Waals surface area contributed by atoms with Crippen molar-refractivity contribution in [2.75, 3.05) is 0 Å². The molecule has 13 heavy (non-hydrogen) atoms. The summed E-state index contributed by atoms with van der Waals surface area (Å²) in [5, 5.41) is 0. The van der Waals surface area contributed by atoms with Crippen LogP contribution in [0, 0.1) is 0 Å². The van der Waals surface area contributed by atoms with Crippen LogP contribution in [0.15, 0.2) is 30.3 Å². The quantitative estimate of drug-likeness (QED) is 0.560. The smallest absolute Gasteiger partial charge is 0.233 e. The third-order valence-corrected chi connectivity index (χ3v) is 2.17. The molecule has 0 heterocycles. The van der Waals surface area contributed by atoms with Crippen molar-refractivity contribution in [3.8, 4) is 0 Å². The minimum absolute atomic E-state index is 0.402. The summed E-state index contributed by atoms with van der Waals surface area (Å²) in [6.07, 6.45) is 1.39. The van der Waals surface area contributed by atoms with Gasteiger partial charge in [0.2, 0.25) is 11.6 Å². The van der Waals surface area contributed by atoms with Gasteiger partial charge in [0.1, 0.15) is 0 Å². The third-order valence-electron chi connectivity index (χ3n) is 2.17. The molecule has 64 valence electrons. The average molecular weight is 172 g/mol. The predicted octanol–water partition coefficient (Wildman–Crippen LogP) is 1.86. The number of carbonyl (C=O) groups excluding carboxylic acids is 2. The first-order chi connectivity index (χ1) is 6.20. The highest BCUT2D eigenvalue weighted by Crippen LogP contribution is 2.23. The lowest BCUT2D eigenvalue weighted by Gasteiger charge is -2.11. The summed E-state index contributed by atoms with van der Waals surface area (Å²) in [6, 6.07) is 7.17. The minimum atomic E-state index is -0.420. The molecule has 0 N–H and O–H groups in total. The van der Waals surface area contributed by atoms with E-state index in [1.165, 1.54) is 6.08 Å². The van der Waals surface area contributed by atoms with Gasteiger partial charge in [0.05, 0.1) is 0 Å². The van der Waals surface area contributed by atoms with Crippen molar-refractivity contribution >= 4 is 17.1 Å². The van der Waals surface area contributed by atoms with Gasteiger partial charge < -0.3 is 0 Å². The van der Waals surface area contributed by atoms with E-state index in [0.717, 1.165) is 11.1 Å². The van der Waals surface area contributed by atoms with Gasteiger partial charge in [-0.05, 0) is 24.1 Å². The Morgan fingerprint density at radius 1 is 1.00 bits per heavy atom. The Hall–Kier alpha value is -1.70. The molecule has 0 unspecified atom stereocenters. The average Bonchev–Trinajstić information content (AvgIpc) is 2.15. The zero-order valence-corrected chi connectivity index (χ0v) is 7.20. The Morgan fingerprint density at radius 2 is 1.62 bits per heavy atom. The molecule has 2 heteroatoms. The number of allylic oxidation sites excluding steroid dienone is 2. The number of carbonyl (C=O) groups is 2. The topological polar surface area (TPSA) is 34.1 Å². The number of hydrogen-bond acceptors (Lipinski definition) is 2. The van der Waals surface area contributed by atoms with E-state index in [4.69, 9.17) is 0 Å². The van der Waals surface area contributed by atoms with E-state index < -0.39 is 11.6 Å². The number of hydrogen-bond donors (Lipinski definition) is 0. The fourth-order valence-electron chi connectivity index (χ4n) is 1.50. The molecule has 0 saturated carbocycles. The molecule has 1 aliphatic rings. The maximum atomic E-state index is 11.4. The van der Waals surface area contributed by atoms with E-state index in [-0.39, 0.29) is 0 Å². The highest BCUT2D eigenvalue weighted by atomic mass is 16.2. The molecule has 0 bridgehead atoms. The van der Waals surface area contributed by atoms with E-state index in [1.54, 1.807) is 12.1 Å². The van der Waals surface area contributed by atoms with Crippen molar-refractivity contribution < 1.29 is 9.59 Å². The van der Waals surface area contributed by atoms with Crippen LogP contribution in [0.25, 0.3) is 5.57 Å². The molecule has 0 aliphatic heterocycles. The largest absolute Gasteiger partial charge is 0.286 e. The fraction of sp³-hybridized carbons (Fsp3) is 0.0909. The predicted molar refractivity (Wildman–Crippen MR) is 49.4 cm³/mol. The van der Waals surface area contributed by atoms with Gasteiger partial charge in [-0.3, -0.25) is 9.59 Å². The lowest BCUT2D eigenvalue weighted by atomic mass is 9.90. The summed E-state index contributed by atoms with van der Waals surface area (Å²) >= 11 is 0. The van der Waals surface area contributed by atoms with Gasteiger partial charge in [0.25, 0.3) is 0 Å². The number of rotatable bonds is 0. The van der Waals surface area contributed by atoms with Crippen molar-refractivity contribution in [3.63, 3.8) is 0 Å². The number of Topliss-reactive ketones (excluding diaryl/α,β-unsaturated/α-hetero) is 1. The van der Waals surface area contributed by atoms with Crippen LogP contribution in [-0.2, 0) is 4.79 Å².